The summed E-state index contributed by atoms with van der Waals surface area (Å²) < 4.78 is 19.6. The van der Waals surface area contributed by atoms with E-state index in [1.165, 1.54) is 28.4 Å². The minimum Gasteiger partial charge on any atom is -0.450 e. The van der Waals surface area contributed by atoms with E-state index in [2.05, 4.69) is 10.2 Å². The molecule has 0 spiro atoms. The number of benzene rings is 2. The fraction of sp³-hybridized carbons (Fsp3) is 0.217. The van der Waals surface area contributed by atoms with Crippen LogP contribution in [0.5, 0.6) is 0 Å². The van der Waals surface area contributed by atoms with Gasteiger partial charge in [-0.2, -0.15) is 0 Å². The van der Waals surface area contributed by atoms with Crippen LogP contribution in [-0.2, 0) is 6.42 Å². The maximum absolute atomic E-state index is 13.6. The Morgan fingerprint density at radius 2 is 1.81 bits per heavy atom. The molecule has 0 N–H and O–H groups in total. The summed E-state index contributed by atoms with van der Waals surface area (Å²) >= 11 is 1.29. The quantitative estimate of drug-likeness (QED) is 0.466. The van der Waals surface area contributed by atoms with E-state index in [0.717, 1.165) is 16.1 Å². The molecule has 1 amide bonds. The van der Waals surface area contributed by atoms with E-state index in [0.29, 0.717) is 28.1 Å². The maximum atomic E-state index is 13.6. The number of aryl methyl sites for hydroxylation is 3. The Balaban J connectivity index is 1.81. The first-order valence-corrected chi connectivity index (χ1v) is 10.7. The Morgan fingerprint density at radius 3 is 2.48 bits per heavy atom. The number of aromatic nitrogens is 2. The van der Waals surface area contributed by atoms with Gasteiger partial charge in [0.25, 0.3) is 5.91 Å². The molecule has 31 heavy (non-hydrogen) atoms. The number of hydrogen-bond donors (Lipinski definition) is 0. The number of amides is 1. The minimum absolute atomic E-state index is 0.0108. The summed E-state index contributed by atoms with van der Waals surface area (Å²) in [6, 6.07) is 8.54. The Kier molecular flexibility index (Phi) is 4.48. The lowest BCUT2D eigenvalue weighted by molar-refractivity contribution is 0.0970. The Morgan fingerprint density at radius 1 is 1.10 bits per heavy atom. The highest BCUT2D eigenvalue weighted by Crippen LogP contribution is 2.42. The first-order chi connectivity index (χ1) is 14.9. The van der Waals surface area contributed by atoms with E-state index in [1.54, 1.807) is 24.3 Å². The molecule has 1 aliphatic heterocycles. The average molecular weight is 435 g/mol. The highest BCUT2D eigenvalue weighted by atomic mass is 32.1. The molecule has 3 heterocycles. The van der Waals surface area contributed by atoms with Gasteiger partial charge in [-0.3, -0.25) is 14.5 Å². The molecule has 2 aromatic carbocycles. The second-order valence-corrected chi connectivity index (χ2v) is 8.61. The molecule has 1 atom stereocenters. The standard InChI is InChI=1S/C23H18FN3O3S/c1-4-17-25-26-23(31-17)27-19(13-5-7-14(24)8-6-13)18-20(28)15-9-11(2)12(3)10-16(15)30-21(18)22(27)29/h5-10,19H,4H2,1-3H3. The summed E-state index contributed by atoms with van der Waals surface area (Å²) in [7, 11) is 0. The topological polar surface area (TPSA) is 76.3 Å². The van der Waals surface area contributed by atoms with Crippen LogP contribution in [0, 0.1) is 19.7 Å². The van der Waals surface area contributed by atoms with Crippen molar-refractivity contribution in [1.29, 1.82) is 0 Å². The number of carbonyl (C=O) groups is 1. The molecule has 5 rings (SSSR count). The lowest BCUT2D eigenvalue weighted by Gasteiger charge is -2.22. The van der Waals surface area contributed by atoms with Gasteiger partial charge in [-0.1, -0.05) is 30.4 Å². The zero-order valence-electron chi connectivity index (χ0n) is 17.1. The highest BCUT2D eigenvalue weighted by Gasteiger charge is 2.45. The van der Waals surface area contributed by atoms with Crippen LogP contribution >= 0.6 is 11.3 Å². The number of anilines is 1. The van der Waals surface area contributed by atoms with Crippen LogP contribution in [0.15, 0.2) is 45.6 Å². The molecular weight excluding hydrogens is 417 g/mol. The smallest absolute Gasteiger partial charge is 0.297 e. The van der Waals surface area contributed by atoms with Crippen LogP contribution in [0.4, 0.5) is 9.52 Å². The second kappa shape index (κ2) is 7.09. The number of nitrogens with zero attached hydrogens (tertiary/aromatic N) is 3. The molecule has 0 saturated heterocycles. The van der Waals surface area contributed by atoms with Crippen LogP contribution in [0.1, 0.15) is 50.8 Å². The third-order valence-electron chi connectivity index (χ3n) is 5.64. The molecule has 0 bridgehead atoms. The van der Waals surface area contributed by atoms with Crippen molar-refractivity contribution in [3.05, 3.63) is 85.5 Å². The number of halogens is 1. The Bertz CT molecular complexity index is 1410. The summed E-state index contributed by atoms with van der Waals surface area (Å²) in [5, 5.41) is 9.86. The van der Waals surface area contributed by atoms with Crippen LogP contribution in [0.25, 0.3) is 11.0 Å². The number of fused-ring (bicyclic) bond motifs is 2. The summed E-state index contributed by atoms with van der Waals surface area (Å²) in [5.41, 5.74) is 2.84. The molecule has 1 unspecified atom stereocenters. The maximum Gasteiger partial charge on any atom is 0.297 e. The van der Waals surface area contributed by atoms with Gasteiger partial charge in [0.05, 0.1) is 17.0 Å². The van der Waals surface area contributed by atoms with E-state index >= 15 is 0 Å². The Hall–Kier alpha value is -3.39. The number of hydrogen-bond acceptors (Lipinski definition) is 6. The summed E-state index contributed by atoms with van der Waals surface area (Å²) in [6.45, 7) is 5.79. The van der Waals surface area contributed by atoms with E-state index in [1.807, 2.05) is 20.8 Å². The predicted molar refractivity (Wildman–Crippen MR) is 116 cm³/mol. The first kappa shape index (κ1) is 19.6. The molecule has 4 aromatic rings. The molecule has 0 aliphatic carbocycles. The van der Waals surface area contributed by atoms with Gasteiger partial charge in [-0.25, -0.2) is 4.39 Å². The van der Waals surface area contributed by atoms with Gasteiger partial charge in [0.2, 0.25) is 10.9 Å². The first-order valence-electron chi connectivity index (χ1n) is 9.88. The molecule has 1 aliphatic rings. The van der Waals surface area contributed by atoms with Crippen molar-refractivity contribution >= 4 is 33.3 Å². The normalized spacial score (nSPS) is 15.7. The van der Waals surface area contributed by atoms with E-state index in [9.17, 15) is 14.0 Å². The van der Waals surface area contributed by atoms with Crippen LogP contribution in [0.3, 0.4) is 0 Å². The van der Waals surface area contributed by atoms with Crippen molar-refractivity contribution in [3.8, 4) is 0 Å². The van der Waals surface area contributed by atoms with Crippen molar-refractivity contribution in [2.75, 3.05) is 4.90 Å². The van der Waals surface area contributed by atoms with Gasteiger partial charge in [0.1, 0.15) is 16.4 Å². The van der Waals surface area contributed by atoms with Crippen LogP contribution < -0.4 is 10.3 Å². The molecular formula is C23H18FN3O3S. The third kappa shape index (κ3) is 2.97. The average Bonchev–Trinajstić information content (AvgIpc) is 3.33. The lowest BCUT2D eigenvalue weighted by atomic mass is 9.97. The highest BCUT2D eigenvalue weighted by molar-refractivity contribution is 7.15. The zero-order valence-corrected chi connectivity index (χ0v) is 17.9. The molecule has 156 valence electrons. The summed E-state index contributed by atoms with van der Waals surface area (Å²) in [6.07, 6.45) is 0.674. The fourth-order valence-electron chi connectivity index (χ4n) is 3.87. The SMILES string of the molecule is CCc1nnc(N2C(=O)c3oc4cc(C)c(C)cc4c(=O)c3C2c2ccc(F)cc2)s1. The largest absolute Gasteiger partial charge is 0.450 e. The monoisotopic (exact) mass is 435 g/mol. The summed E-state index contributed by atoms with van der Waals surface area (Å²) in [5.74, 6) is -0.871. The Labute approximate surface area is 181 Å². The van der Waals surface area contributed by atoms with Crippen LogP contribution in [-0.4, -0.2) is 16.1 Å². The second-order valence-electron chi connectivity index (χ2n) is 7.57. The number of carbonyl (C=O) groups excluding carboxylic acids is 1. The molecule has 0 fully saturated rings. The summed E-state index contributed by atoms with van der Waals surface area (Å²) in [4.78, 5) is 28.5. The van der Waals surface area contributed by atoms with E-state index < -0.39 is 17.8 Å². The van der Waals surface area contributed by atoms with Gasteiger partial charge in [0, 0.05) is 0 Å². The van der Waals surface area contributed by atoms with Gasteiger partial charge in [-0.05, 0) is 61.2 Å². The van der Waals surface area contributed by atoms with Gasteiger partial charge in [-0.15, -0.1) is 10.2 Å². The molecule has 0 radical (unpaired) electrons. The van der Waals surface area contributed by atoms with Crippen LogP contribution in [0.2, 0.25) is 0 Å². The van der Waals surface area contributed by atoms with Crippen molar-refractivity contribution < 1.29 is 13.6 Å². The zero-order chi connectivity index (χ0) is 21.9. The van der Waals surface area contributed by atoms with E-state index in [-0.39, 0.29) is 16.8 Å². The fourth-order valence-corrected chi connectivity index (χ4v) is 4.68. The van der Waals surface area contributed by atoms with Gasteiger partial charge in [0.15, 0.2) is 5.43 Å². The van der Waals surface area contributed by atoms with Crippen molar-refractivity contribution in [1.82, 2.24) is 10.2 Å². The van der Waals surface area contributed by atoms with Crippen molar-refractivity contribution in [3.63, 3.8) is 0 Å². The van der Waals surface area contributed by atoms with Crippen molar-refractivity contribution in [2.45, 2.75) is 33.2 Å². The van der Waals surface area contributed by atoms with E-state index in [4.69, 9.17) is 4.42 Å². The number of rotatable bonds is 3. The molecule has 8 heteroatoms. The van der Waals surface area contributed by atoms with Crippen molar-refractivity contribution in [2.24, 2.45) is 0 Å². The predicted octanol–water partition coefficient (Wildman–Crippen LogP) is 4.71. The molecule has 0 saturated carbocycles. The minimum atomic E-state index is -0.775. The molecule has 6 nitrogen and oxygen atoms in total. The van der Waals surface area contributed by atoms with Gasteiger partial charge < -0.3 is 4.42 Å². The third-order valence-corrected chi connectivity index (χ3v) is 6.70. The van der Waals surface area contributed by atoms with Gasteiger partial charge >= 0.3 is 0 Å². The molecule has 2 aromatic heterocycles. The lowest BCUT2D eigenvalue weighted by Crippen LogP contribution is -2.29.